The van der Waals surface area contributed by atoms with Crippen LogP contribution in [-0.2, 0) is 27.2 Å². The number of carboxylic acid groups (broad SMARTS) is 1. The molecule has 0 bridgehead atoms. The molecule has 0 unspecified atom stereocenters. The number of amides is 4. The highest BCUT2D eigenvalue weighted by Crippen LogP contribution is 2.29. The summed E-state index contributed by atoms with van der Waals surface area (Å²) in [7, 11) is 1.67. The fourth-order valence-corrected chi connectivity index (χ4v) is 4.46. The highest BCUT2D eigenvalue weighted by molar-refractivity contribution is 5.99. The van der Waals surface area contributed by atoms with E-state index in [0.29, 0.717) is 35.7 Å². The quantitative estimate of drug-likeness (QED) is 0.205. The van der Waals surface area contributed by atoms with E-state index in [0.717, 1.165) is 11.3 Å². The maximum absolute atomic E-state index is 13.6. The summed E-state index contributed by atoms with van der Waals surface area (Å²) in [5.74, 6) is -1.29. The van der Waals surface area contributed by atoms with Gasteiger partial charge in [-0.05, 0) is 53.9 Å². The number of benzene rings is 4. The molecule has 4 amide bonds. The molecule has 0 saturated heterocycles. The molecule has 0 atom stereocenters. The minimum Gasteiger partial charge on any atom is -0.482 e. The fourth-order valence-electron chi connectivity index (χ4n) is 4.46. The third-order valence-electron chi connectivity index (χ3n) is 6.73. The Morgan fingerprint density at radius 1 is 0.773 bits per heavy atom. The Morgan fingerprint density at radius 2 is 1.43 bits per heavy atom. The zero-order valence-electron chi connectivity index (χ0n) is 24.3. The van der Waals surface area contributed by atoms with Gasteiger partial charge in [0.05, 0.1) is 18.7 Å². The van der Waals surface area contributed by atoms with Gasteiger partial charge in [0.2, 0.25) is 5.91 Å². The Balaban J connectivity index is 1.46. The van der Waals surface area contributed by atoms with E-state index in [1.54, 1.807) is 55.6 Å². The second-order valence-corrected chi connectivity index (χ2v) is 9.90. The molecule has 3 N–H and O–H groups in total. The topological polar surface area (TPSA) is 128 Å². The number of nitrogens with zero attached hydrogens (tertiary/aromatic N) is 2. The highest BCUT2D eigenvalue weighted by atomic mass is 16.5. The van der Waals surface area contributed by atoms with Crippen molar-refractivity contribution in [3.8, 4) is 5.75 Å². The average Bonchev–Trinajstić information content (AvgIpc) is 3.03. The number of para-hydroxylation sites is 3. The van der Waals surface area contributed by atoms with Crippen LogP contribution in [-0.4, -0.2) is 55.7 Å². The fraction of sp³-hybridized carbons (Fsp3) is 0.176. The van der Waals surface area contributed by atoms with Crippen LogP contribution in [0.5, 0.6) is 5.75 Å². The van der Waals surface area contributed by atoms with Crippen molar-refractivity contribution >= 4 is 40.9 Å². The molecule has 4 rings (SSSR count). The molecule has 0 aliphatic carbocycles. The summed E-state index contributed by atoms with van der Waals surface area (Å²) in [6.07, 6.45) is 0.362. The number of ether oxygens (including phenoxy) is 1. The number of hydrogen-bond acceptors (Lipinski definition) is 5. The lowest BCUT2D eigenvalue weighted by atomic mass is 10.1. The average molecular weight is 595 g/mol. The van der Waals surface area contributed by atoms with Crippen LogP contribution in [0.2, 0.25) is 0 Å². The Kier molecular flexibility index (Phi) is 11.1. The van der Waals surface area contributed by atoms with Crippen LogP contribution in [0, 0.1) is 0 Å². The molecule has 226 valence electrons. The molecule has 0 radical (unpaired) electrons. The van der Waals surface area contributed by atoms with Gasteiger partial charge in [-0.25, -0.2) is 4.79 Å². The van der Waals surface area contributed by atoms with Gasteiger partial charge in [0.15, 0.2) is 6.61 Å². The summed E-state index contributed by atoms with van der Waals surface area (Å²) < 4.78 is 5.94. The lowest BCUT2D eigenvalue weighted by Crippen LogP contribution is -2.42. The van der Waals surface area contributed by atoms with Crippen LogP contribution in [0.15, 0.2) is 109 Å². The summed E-state index contributed by atoms with van der Waals surface area (Å²) in [4.78, 5) is 53.1. The van der Waals surface area contributed by atoms with E-state index in [9.17, 15) is 19.2 Å². The van der Waals surface area contributed by atoms with Gasteiger partial charge >= 0.3 is 12.0 Å². The summed E-state index contributed by atoms with van der Waals surface area (Å²) in [6, 6.07) is 31.7. The monoisotopic (exact) mass is 594 g/mol. The van der Waals surface area contributed by atoms with E-state index in [1.165, 1.54) is 9.80 Å². The molecule has 10 heteroatoms. The third kappa shape index (κ3) is 9.18. The number of likely N-dealkylation sites (N-methyl/N-ethyl adjacent to an activating group) is 1. The number of urea groups is 1. The first-order valence-electron chi connectivity index (χ1n) is 14.0. The molecule has 44 heavy (non-hydrogen) atoms. The Bertz CT molecular complexity index is 1580. The van der Waals surface area contributed by atoms with Gasteiger partial charge in [-0.2, -0.15) is 0 Å². The Morgan fingerprint density at radius 3 is 2.16 bits per heavy atom. The van der Waals surface area contributed by atoms with E-state index in [-0.39, 0.29) is 31.4 Å². The van der Waals surface area contributed by atoms with Gasteiger partial charge in [-0.3, -0.25) is 14.4 Å². The van der Waals surface area contributed by atoms with Crippen LogP contribution < -0.4 is 25.2 Å². The van der Waals surface area contributed by atoms with Gasteiger partial charge in [0.25, 0.3) is 5.91 Å². The molecule has 0 fully saturated rings. The molecule has 0 aromatic heterocycles. The van der Waals surface area contributed by atoms with E-state index < -0.39 is 12.0 Å². The smallest absolute Gasteiger partial charge is 0.319 e. The molecule has 0 spiro atoms. The molecule has 0 heterocycles. The van der Waals surface area contributed by atoms with E-state index in [4.69, 9.17) is 9.84 Å². The Hall–Kier alpha value is -5.64. The van der Waals surface area contributed by atoms with Gasteiger partial charge in [-0.1, -0.05) is 72.8 Å². The molecule has 4 aromatic carbocycles. The number of carboxylic acids is 1. The van der Waals surface area contributed by atoms with E-state index in [1.807, 2.05) is 60.7 Å². The first-order chi connectivity index (χ1) is 21.3. The van der Waals surface area contributed by atoms with Gasteiger partial charge in [0.1, 0.15) is 5.75 Å². The zero-order valence-corrected chi connectivity index (χ0v) is 24.3. The normalized spacial score (nSPS) is 10.4. The number of carbonyl (C=O) groups is 4. The minimum absolute atomic E-state index is 0.179. The van der Waals surface area contributed by atoms with Gasteiger partial charge in [-0.15, -0.1) is 0 Å². The zero-order chi connectivity index (χ0) is 31.3. The van der Waals surface area contributed by atoms with Crippen LogP contribution in [0.3, 0.4) is 0 Å². The largest absolute Gasteiger partial charge is 0.482 e. The maximum Gasteiger partial charge on any atom is 0.319 e. The van der Waals surface area contributed by atoms with Crippen molar-refractivity contribution in [2.75, 3.05) is 41.9 Å². The van der Waals surface area contributed by atoms with Crippen molar-refractivity contribution < 1.29 is 29.0 Å². The van der Waals surface area contributed by atoms with Crippen LogP contribution >= 0.6 is 0 Å². The molecule has 10 nitrogen and oxygen atoms in total. The van der Waals surface area contributed by atoms with Crippen molar-refractivity contribution in [3.63, 3.8) is 0 Å². The summed E-state index contributed by atoms with van der Waals surface area (Å²) >= 11 is 0. The second-order valence-electron chi connectivity index (χ2n) is 9.90. The SMILES string of the molecule is CN(C(=O)COc1ccccc1N(CCc1ccccc1)C(=O)CNC(=O)Nc1cccc(CC(=O)O)c1)c1ccccc1. The van der Waals surface area contributed by atoms with Crippen LogP contribution in [0.1, 0.15) is 11.1 Å². The predicted molar refractivity (Wildman–Crippen MR) is 169 cm³/mol. The lowest BCUT2D eigenvalue weighted by Gasteiger charge is -2.26. The Labute approximate surface area is 255 Å². The molecular weight excluding hydrogens is 560 g/mol. The molecular formula is C34H34N4O6. The first-order valence-corrected chi connectivity index (χ1v) is 14.0. The van der Waals surface area contributed by atoms with Crippen molar-refractivity contribution in [1.82, 2.24) is 5.32 Å². The number of hydrogen-bond donors (Lipinski definition) is 3. The van der Waals surface area contributed by atoms with Gasteiger partial charge < -0.3 is 30.3 Å². The number of anilines is 3. The summed E-state index contributed by atoms with van der Waals surface area (Å²) in [5.41, 5.74) is 3.15. The van der Waals surface area contributed by atoms with Crippen molar-refractivity contribution in [1.29, 1.82) is 0 Å². The number of nitrogens with one attached hydrogen (secondary N) is 2. The summed E-state index contributed by atoms with van der Waals surface area (Å²) in [6.45, 7) is -0.272. The lowest BCUT2D eigenvalue weighted by molar-refractivity contribution is -0.136. The third-order valence-corrected chi connectivity index (χ3v) is 6.73. The molecule has 4 aromatic rings. The summed E-state index contributed by atoms with van der Waals surface area (Å²) in [5, 5.41) is 14.2. The number of rotatable bonds is 13. The maximum atomic E-state index is 13.6. The van der Waals surface area contributed by atoms with Crippen molar-refractivity contribution in [3.05, 3.63) is 120 Å². The van der Waals surface area contributed by atoms with E-state index in [2.05, 4.69) is 10.6 Å². The molecule has 0 aliphatic rings. The number of aliphatic carboxylic acids is 1. The van der Waals surface area contributed by atoms with Crippen molar-refractivity contribution in [2.45, 2.75) is 12.8 Å². The predicted octanol–water partition coefficient (Wildman–Crippen LogP) is 4.75. The van der Waals surface area contributed by atoms with Gasteiger partial charge in [0, 0.05) is 25.0 Å². The van der Waals surface area contributed by atoms with E-state index >= 15 is 0 Å². The number of carbonyl (C=O) groups excluding carboxylic acids is 3. The highest BCUT2D eigenvalue weighted by Gasteiger charge is 2.21. The minimum atomic E-state index is -0.982. The van der Waals surface area contributed by atoms with Crippen molar-refractivity contribution in [2.24, 2.45) is 0 Å². The molecule has 0 aliphatic heterocycles. The van der Waals surface area contributed by atoms with Crippen LogP contribution in [0.25, 0.3) is 0 Å². The first kappa shape index (κ1) is 31.3. The standard InChI is InChI=1S/C34H34N4O6/c1-37(28-15-6-3-7-16-28)32(40)24-44-30-18-9-8-17-29(30)38(20-19-25-11-4-2-5-12-25)31(39)23-35-34(43)36-27-14-10-13-26(21-27)22-33(41)42/h2-18,21H,19-20,22-24H2,1H3,(H,41,42)(H2,35,36,43). The second kappa shape index (κ2) is 15.5. The van der Waals surface area contributed by atoms with Crippen LogP contribution in [0.4, 0.5) is 21.9 Å². The molecule has 0 saturated carbocycles.